The highest BCUT2D eigenvalue weighted by molar-refractivity contribution is 6.91. The van der Waals surface area contributed by atoms with Crippen molar-refractivity contribution >= 4 is 19.2 Å². The summed E-state index contributed by atoms with van der Waals surface area (Å²) in [7, 11) is -1.41. The maximum absolute atomic E-state index is 2.58. The number of unbranched alkanes of at least 4 members (excludes halogenated alkanes) is 1. The van der Waals surface area contributed by atoms with Crippen molar-refractivity contribution in [3.63, 3.8) is 0 Å². The van der Waals surface area contributed by atoms with E-state index < -0.39 is 8.80 Å². The second-order valence-electron chi connectivity index (χ2n) is 8.58. The van der Waals surface area contributed by atoms with Gasteiger partial charge in [-0.2, -0.15) is 0 Å². The van der Waals surface area contributed by atoms with Crippen LogP contribution in [0.25, 0.3) is 0 Å². The lowest BCUT2D eigenvalue weighted by Gasteiger charge is -2.21. The number of rotatable bonds is 6. The third-order valence-corrected chi connectivity index (χ3v) is 8.81. The minimum absolute atomic E-state index is 1.18. The quantitative estimate of drug-likeness (QED) is 0.574. The standard InChI is InChI=1S/C26H34Si/c1-7-8-9-23-17-26(16-22(23)6)27(24-12-18(2)10-19(3)13-24)25-14-20(4)11-21(5)15-25/h10-15,17,27H,7-9,16H2,1-6H3. The zero-order chi connectivity index (χ0) is 19.6. The summed E-state index contributed by atoms with van der Waals surface area (Å²) < 4.78 is 0. The summed E-state index contributed by atoms with van der Waals surface area (Å²) in [5, 5.41) is 4.86. The van der Waals surface area contributed by atoms with E-state index in [1.54, 1.807) is 26.7 Å². The fourth-order valence-corrected chi connectivity index (χ4v) is 8.47. The zero-order valence-corrected chi connectivity index (χ0v) is 19.1. The lowest BCUT2D eigenvalue weighted by molar-refractivity contribution is 0.794. The molecule has 0 nitrogen and oxygen atoms in total. The van der Waals surface area contributed by atoms with Gasteiger partial charge in [-0.25, -0.2) is 0 Å². The molecule has 0 aromatic heterocycles. The molecule has 0 bridgehead atoms. The molecule has 0 spiro atoms. The van der Waals surface area contributed by atoms with Crippen LogP contribution < -0.4 is 10.4 Å². The molecule has 0 fully saturated rings. The van der Waals surface area contributed by atoms with Crippen LogP contribution in [0.5, 0.6) is 0 Å². The lowest BCUT2D eigenvalue weighted by atomic mass is 10.1. The molecular weight excluding hydrogens is 340 g/mol. The first-order valence-electron chi connectivity index (χ1n) is 10.4. The summed E-state index contributed by atoms with van der Waals surface area (Å²) in [6.07, 6.45) is 7.57. The molecule has 2 aromatic rings. The van der Waals surface area contributed by atoms with Crippen LogP contribution in [0, 0.1) is 27.7 Å². The molecule has 142 valence electrons. The van der Waals surface area contributed by atoms with Crippen molar-refractivity contribution < 1.29 is 0 Å². The van der Waals surface area contributed by atoms with Crippen molar-refractivity contribution in [3.05, 3.63) is 81.1 Å². The minimum atomic E-state index is -1.41. The molecule has 0 saturated carbocycles. The Morgan fingerprint density at radius 1 is 0.741 bits per heavy atom. The number of allylic oxidation sites excluding steroid dienone is 4. The van der Waals surface area contributed by atoms with Crippen molar-refractivity contribution in [3.8, 4) is 0 Å². The molecule has 0 amide bonds. The third kappa shape index (κ3) is 4.71. The van der Waals surface area contributed by atoms with Crippen LogP contribution >= 0.6 is 0 Å². The number of aryl methyl sites for hydroxylation is 4. The first-order chi connectivity index (χ1) is 12.9. The monoisotopic (exact) mass is 374 g/mol. The average Bonchev–Trinajstić information content (AvgIpc) is 2.91. The topological polar surface area (TPSA) is 0 Å². The van der Waals surface area contributed by atoms with Crippen molar-refractivity contribution in [1.82, 2.24) is 0 Å². The van der Waals surface area contributed by atoms with Gasteiger partial charge in [-0.05, 0) is 59.5 Å². The van der Waals surface area contributed by atoms with Crippen LogP contribution in [0.4, 0.5) is 0 Å². The van der Waals surface area contributed by atoms with Gasteiger partial charge in [0.05, 0.1) is 0 Å². The molecule has 1 heteroatoms. The average molecular weight is 375 g/mol. The molecule has 0 heterocycles. The molecule has 0 unspecified atom stereocenters. The van der Waals surface area contributed by atoms with E-state index in [-0.39, 0.29) is 0 Å². The molecular formula is C26H34Si. The predicted molar refractivity (Wildman–Crippen MR) is 123 cm³/mol. The molecule has 0 aliphatic heterocycles. The maximum atomic E-state index is 2.58. The van der Waals surface area contributed by atoms with Crippen molar-refractivity contribution in [2.75, 3.05) is 0 Å². The Morgan fingerprint density at radius 2 is 1.22 bits per heavy atom. The summed E-state index contributed by atoms with van der Waals surface area (Å²) in [5.41, 5.74) is 8.77. The van der Waals surface area contributed by atoms with Gasteiger partial charge in [-0.1, -0.05) is 99.2 Å². The Balaban J connectivity index is 2.09. The van der Waals surface area contributed by atoms with Gasteiger partial charge in [0.15, 0.2) is 0 Å². The van der Waals surface area contributed by atoms with Crippen LogP contribution in [0.1, 0.15) is 61.8 Å². The van der Waals surface area contributed by atoms with E-state index in [1.165, 1.54) is 47.9 Å². The van der Waals surface area contributed by atoms with Crippen molar-refractivity contribution in [2.24, 2.45) is 0 Å². The summed E-state index contributed by atoms with van der Waals surface area (Å²) in [6, 6.07) is 14.4. The Kier molecular flexibility index (Phi) is 6.21. The van der Waals surface area contributed by atoms with Crippen molar-refractivity contribution in [2.45, 2.75) is 67.2 Å². The Morgan fingerprint density at radius 3 is 1.67 bits per heavy atom. The second-order valence-corrected chi connectivity index (χ2v) is 11.5. The highest BCUT2D eigenvalue weighted by Crippen LogP contribution is 2.30. The fraction of sp³-hybridized carbons (Fsp3) is 0.385. The van der Waals surface area contributed by atoms with Gasteiger partial charge in [0, 0.05) is 0 Å². The molecule has 0 atom stereocenters. The lowest BCUT2D eigenvalue weighted by Crippen LogP contribution is -2.44. The SMILES string of the molecule is CCCCC1=C(C)CC([SiH](c2cc(C)cc(C)c2)c2cc(C)cc(C)c2)=C1. The van der Waals surface area contributed by atoms with E-state index >= 15 is 0 Å². The molecule has 0 N–H and O–H groups in total. The second kappa shape index (κ2) is 8.44. The van der Waals surface area contributed by atoms with E-state index in [0.29, 0.717) is 0 Å². The summed E-state index contributed by atoms with van der Waals surface area (Å²) in [5.74, 6) is 0. The smallest absolute Gasteiger partial charge is 0.0700 e. The van der Waals surface area contributed by atoms with Gasteiger partial charge >= 0.3 is 0 Å². The molecule has 27 heavy (non-hydrogen) atoms. The number of benzene rings is 2. The van der Waals surface area contributed by atoms with E-state index in [4.69, 9.17) is 0 Å². The summed E-state index contributed by atoms with van der Waals surface area (Å²) in [6.45, 7) is 13.6. The van der Waals surface area contributed by atoms with Crippen LogP contribution in [-0.2, 0) is 0 Å². The van der Waals surface area contributed by atoms with Gasteiger partial charge in [0.1, 0.15) is 8.80 Å². The highest BCUT2D eigenvalue weighted by Gasteiger charge is 2.26. The number of hydrogen-bond acceptors (Lipinski definition) is 0. The summed E-state index contributed by atoms with van der Waals surface area (Å²) >= 11 is 0. The first-order valence-corrected chi connectivity index (χ1v) is 12.2. The fourth-order valence-electron chi connectivity index (χ4n) is 4.63. The first kappa shape index (κ1) is 19.9. The van der Waals surface area contributed by atoms with Crippen LogP contribution in [0.3, 0.4) is 0 Å². The molecule has 1 aliphatic rings. The van der Waals surface area contributed by atoms with Crippen molar-refractivity contribution in [1.29, 1.82) is 0 Å². The molecule has 0 saturated heterocycles. The molecule has 3 rings (SSSR count). The van der Waals surface area contributed by atoms with E-state index in [9.17, 15) is 0 Å². The number of hydrogen-bond donors (Lipinski definition) is 0. The Labute approximate surface area is 167 Å². The van der Waals surface area contributed by atoms with Gasteiger partial charge in [-0.3, -0.25) is 0 Å². The van der Waals surface area contributed by atoms with Gasteiger partial charge in [-0.15, -0.1) is 0 Å². The van der Waals surface area contributed by atoms with E-state index in [0.717, 1.165) is 0 Å². The van der Waals surface area contributed by atoms with Crippen LogP contribution in [0.2, 0.25) is 0 Å². The Hall–Kier alpha value is -1.86. The third-order valence-electron chi connectivity index (χ3n) is 5.70. The largest absolute Gasteiger partial charge is 0.128 e. The zero-order valence-electron chi connectivity index (χ0n) is 17.9. The van der Waals surface area contributed by atoms with Gasteiger partial charge < -0.3 is 0 Å². The highest BCUT2D eigenvalue weighted by atomic mass is 28.3. The van der Waals surface area contributed by atoms with Crippen LogP contribution in [0.15, 0.2) is 58.8 Å². The molecule has 1 aliphatic carbocycles. The maximum Gasteiger partial charge on any atom is 0.128 e. The summed E-state index contributed by atoms with van der Waals surface area (Å²) in [4.78, 5) is 0. The minimum Gasteiger partial charge on any atom is -0.0700 e. The van der Waals surface area contributed by atoms with Gasteiger partial charge in [0.25, 0.3) is 0 Å². The molecule has 0 radical (unpaired) electrons. The Bertz CT molecular complexity index is 806. The van der Waals surface area contributed by atoms with Crippen LogP contribution in [-0.4, -0.2) is 8.80 Å². The normalized spacial score (nSPS) is 14.3. The predicted octanol–water partition coefficient (Wildman–Crippen LogP) is 5.64. The van der Waals surface area contributed by atoms with E-state index in [1.807, 2.05) is 0 Å². The van der Waals surface area contributed by atoms with E-state index in [2.05, 4.69) is 84.0 Å². The molecule has 2 aromatic carbocycles. The van der Waals surface area contributed by atoms with Gasteiger partial charge in [0.2, 0.25) is 0 Å².